The van der Waals surface area contributed by atoms with E-state index in [1.54, 1.807) is 16.7 Å². The number of ether oxygens (including phenoxy) is 2. The number of benzene rings is 1. The van der Waals surface area contributed by atoms with Gasteiger partial charge in [0.05, 0.1) is 26.0 Å². The van der Waals surface area contributed by atoms with E-state index in [2.05, 4.69) is 15.3 Å². The van der Waals surface area contributed by atoms with E-state index in [0.717, 1.165) is 16.8 Å². The molecule has 2 aliphatic rings. The van der Waals surface area contributed by atoms with Gasteiger partial charge in [-0.05, 0) is 12.1 Å². The summed E-state index contributed by atoms with van der Waals surface area (Å²) >= 11 is 0. The molecule has 1 amide bonds. The Hall–Kier alpha value is -3.50. The van der Waals surface area contributed by atoms with Crippen LogP contribution in [0, 0.1) is 0 Å². The fourth-order valence-electron chi connectivity index (χ4n) is 4.36. The van der Waals surface area contributed by atoms with Gasteiger partial charge in [0.25, 0.3) is 0 Å². The zero-order chi connectivity index (χ0) is 23.7. The predicted octanol–water partition coefficient (Wildman–Crippen LogP) is 1.49. The summed E-state index contributed by atoms with van der Waals surface area (Å²) in [5.41, 5.74) is 3.91. The number of hydrogen-bond donors (Lipinski definition) is 1. The molecule has 10 nitrogen and oxygen atoms in total. The van der Waals surface area contributed by atoms with Gasteiger partial charge in [0.2, 0.25) is 11.9 Å². The van der Waals surface area contributed by atoms with Crippen molar-refractivity contribution in [3.63, 3.8) is 0 Å². The van der Waals surface area contributed by atoms with Crippen molar-refractivity contribution >= 4 is 11.9 Å². The second-order valence-electron chi connectivity index (χ2n) is 8.49. The lowest BCUT2D eigenvalue weighted by Crippen LogP contribution is -2.48. The maximum absolute atomic E-state index is 13.1. The molecule has 1 unspecified atom stereocenters. The topological polar surface area (TPSA) is 97.6 Å². The minimum atomic E-state index is -0.603. The SMILES string of the molecule is COc1c(-c2cccc(-c3ccn(C)n3)c2)nc(N2CCOCC2)nc1C1NCCN(C)C1=O. The monoisotopic (exact) mass is 463 g/mol. The number of carbonyl (C=O) groups excluding carboxylic acids is 1. The molecule has 2 aromatic heterocycles. The van der Waals surface area contributed by atoms with Gasteiger partial charge in [-0.15, -0.1) is 0 Å². The smallest absolute Gasteiger partial charge is 0.245 e. The van der Waals surface area contributed by atoms with Gasteiger partial charge >= 0.3 is 0 Å². The molecule has 1 aromatic carbocycles. The van der Waals surface area contributed by atoms with Crippen LogP contribution in [-0.4, -0.2) is 84.1 Å². The summed E-state index contributed by atoms with van der Waals surface area (Å²) < 4.78 is 13.2. The summed E-state index contributed by atoms with van der Waals surface area (Å²) in [6.07, 6.45) is 1.92. The second-order valence-corrected chi connectivity index (χ2v) is 8.49. The van der Waals surface area contributed by atoms with Crippen molar-refractivity contribution in [3.8, 4) is 28.3 Å². The van der Waals surface area contributed by atoms with E-state index in [0.29, 0.717) is 62.5 Å². The fourth-order valence-corrected chi connectivity index (χ4v) is 4.36. The highest BCUT2D eigenvalue weighted by Gasteiger charge is 2.34. The highest BCUT2D eigenvalue weighted by Crippen LogP contribution is 2.37. The Kier molecular flexibility index (Phi) is 6.16. The first-order chi connectivity index (χ1) is 16.5. The van der Waals surface area contributed by atoms with Crippen molar-refractivity contribution in [2.24, 2.45) is 7.05 Å². The summed E-state index contributed by atoms with van der Waals surface area (Å²) in [7, 11) is 5.30. The number of nitrogens with zero attached hydrogens (tertiary/aromatic N) is 6. The molecular weight excluding hydrogens is 434 g/mol. The molecule has 0 radical (unpaired) electrons. The lowest BCUT2D eigenvalue weighted by molar-refractivity contribution is -0.134. The van der Waals surface area contributed by atoms with E-state index in [9.17, 15) is 4.79 Å². The molecule has 5 rings (SSSR count). The van der Waals surface area contributed by atoms with Crippen LogP contribution in [-0.2, 0) is 16.6 Å². The number of piperazine rings is 1. The molecule has 0 spiro atoms. The average molecular weight is 464 g/mol. The summed E-state index contributed by atoms with van der Waals surface area (Å²) in [5, 5.41) is 7.85. The molecule has 0 bridgehead atoms. The second kappa shape index (κ2) is 9.40. The molecule has 10 heteroatoms. The van der Waals surface area contributed by atoms with Crippen molar-refractivity contribution in [2.75, 3.05) is 58.5 Å². The van der Waals surface area contributed by atoms with Crippen molar-refractivity contribution in [1.29, 1.82) is 0 Å². The van der Waals surface area contributed by atoms with E-state index in [4.69, 9.17) is 19.4 Å². The molecule has 4 heterocycles. The van der Waals surface area contributed by atoms with Gasteiger partial charge in [-0.2, -0.15) is 5.10 Å². The lowest BCUT2D eigenvalue weighted by Gasteiger charge is -2.32. The van der Waals surface area contributed by atoms with Crippen LogP contribution in [0.1, 0.15) is 11.7 Å². The van der Waals surface area contributed by atoms with Crippen molar-refractivity contribution in [2.45, 2.75) is 6.04 Å². The van der Waals surface area contributed by atoms with E-state index < -0.39 is 6.04 Å². The van der Waals surface area contributed by atoms with Crippen LogP contribution in [0.15, 0.2) is 36.5 Å². The van der Waals surface area contributed by atoms with Gasteiger partial charge in [-0.1, -0.05) is 18.2 Å². The number of rotatable bonds is 5. The summed E-state index contributed by atoms with van der Waals surface area (Å²) in [6, 6.07) is 9.40. The minimum absolute atomic E-state index is 0.0376. The maximum atomic E-state index is 13.1. The Balaban J connectivity index is 1.66. The highest BCUT2D eigenvalue weighted by molar-refractivity contribution is 5.85. The molecular formula is C24H29N7O3. The number of carbonyl (C=O) groups is 1. The summed E-state index contributed by atoms with van der Waals surface area (Å²) in [6.45, 7) is 3.92. The van der Waals surface area contributed by atoms with Crippen LogP contribution in [0.3, 0.4) is 0 Å². The Morgan fingerprint density at radius 2 is 1.88 bits per heavy atom. The fraction of sp³-hybridized carbons (Fsp3) is 0.417. The van der Waals surface area contributed by atoms with Crippen LogP contribution in [0.25, 0.3) is 22.5 Å². The lowest BCUT2D eigenvalue weighted by atomic mass is 10.0. The van der Waals surface area contributed by atoms with Crippen LogP contribution >= 0.6 is 0 Å². The number of aromatic nitrogens is 4. The Morgan fingerprint density at radius 3 is 2.62 bits per heavy atom. The molecule has 34 heavy (non-hydrogen) atoms. The van der Waals surface area contributed by atoms with Crippen LogP contribution in [0.5, 0.6) is 5.75 Å². The third-order valence-electron chi connectivity index (χ3n) is 6.22. The average Bonchev–Trinajstić information content (AvgIpc) is 3.32. The van der Waals surface area contributed by atoms with Gasteiger partial charge in [0, 0.05) is 57.6 Å². The molecule has 2 aliphatic heterocycles. The molecule has 2 fully saturated rings. The van der Waals surface area contributed by atoms with Crippen LogP contribution in [0.2, 0.25) is 0 Å². The van der Waals surface area contributed by atoms with E-state index in [1.165, 1.54) is 0 Å². The first-order valence-corrected chi connectivity index (χ1v) is 11.4. The number of anilines is 1. The molecule has 1 atom stereocenters. The maximum Gasteiger partial charge on any atom is 0.245 e. The van der Waals surface area contributed by atoms with Crippen LogP contribution in [0.4, 0.5) is 5.95 Å². The predicted molar refractivity (Wildman–Crippen MR) is 128 cm³/mol. The Morgan fingerprint density at radius 1 is 1.09 bits per heavy atom. The number of nitrogens with one attached hydrogen (secondary N) is 1. The van der Waals surface area contributed by atoms with Crippen molar-refractivity contribution in [1.82, 2.24) is 30.0 Å². The number of morpholine rings is 1. The third-order valence-corrected chi connectivity index (χ3v) is 6.22. The summed E-state index contributed by atoms with van der Waals surface area (Å²) in [4.78, 5) is 26.7. The number of aryl methyl sites for hydroxylation is 1. The third kappa shape index (κ3) is 4.22. The molecule has 1 N–H and O–H groups in total. The molecule has 3 aromatic rings. The van der Waals surface area contributed by atoms with Crippen molar-refractivity contribution < 1.29 is 14.3 Å². The van der Waals surface area contributed by atoms with Gasteiger partial charge in [0.15, 0.2) is 5.75 Å². The molecule has 178 valence electrons. The van der Waals surface area contributed by atoms with E-state index in [1.807, 2.05) is 50.6 Å². The Labute approximate surface area is 198 Å². The normalized spacial score (nSPS) is 18.9. The van der Waals surface area contributed by atoms with Gasteiger partial charge in [-0.3, -0.25) is 14.8 Å². The highest BCUT2D eigenvalue weighted by atomic mass is 16.5. The minimum Gasteiger partial charge on any atom is -0.492 e. The first-order valence-electron chi connectivity index (χ1n) is 11.4. The Bertz CT molecular complexity index is 1190. The number of amides is 1. The van der Waals surface area contributed by atoms with Gasteiger partial charge in [0.1, 0.15) is 17.4 Å². The van der Waals surface area contributed by atoms with E-state index in [-0.39, 0.29) is 5.91 Å². The molecule has 0 saturated carbocycles. The zero-order valence-electron chi connectivity index (χ0n) is 19.7. The standard InChI is InChI=1S/C24H29N7O3/c1-29-10-8-25-21(23(29)32)20-22(33-3)19(26-24(27-20)31-11-13-34-14-12-31)17-6-4-5-16(15-17)18-7-9-30(2)28-18/h4-7,9,15,21,25H,8,10-14H2,1-3H3. The summed E-state index contributed by atoms with van der Waals surface area (Å²) in [5.74, 6) is 1.03. The number of hydrogen-bond acceptors (Lipinski definition) is 8. The zero-order valence-corrected chi connectivity index (χ0v) is 19.7. The van der Waals surface area contributed by atoms with E-state index >= 15 is 0 Å². The van der Waals surface area contributed by atoms with Crippen LogP contribution < -0.4 is 15.0 Å². The molecule has 0 aliphatic carbocycles. The largest absolute Gasteiger partial charge is 0.492 e. The van der Waals surface area contributed by atoms with Gasteiger partial charge in [-0.25, -0.2) is 9.97 Å². The van der Waals surface area contributed by atoms with Crippen molar-refractivity contribution in [3.05, 3.63) is 42.2 Å². The number of likely N-dealkylation sites (N-methyl/N-ethyl adjacent to an activating group) is 1. The molecule has 2 saturated heterocycles. The quantitative estimate of drug-likeness (QED) is 0.608. The number of methoxy groups -OCH3 is 1. The first kappa shape index (κ1) is 22.3. The van der Waals surface area contributed by atoms with Gasteiger partial charge < -0.3 is 19.3 Å².